The monoisotopic (exact) mass is 674 g/mol. The molecule has 3 aromatic rings. The average Bonchev–Trinajstić information content (AvgIpc) is 3.22. The molecule has 0 atom stereocenters. The van der Waals surface area contributed by atoms with Crippen LogP contribution in [0.1, 0.15) is 28.1 Å². The molecule has 0 radical (unpaired) electrons. The van der Waals surface area contributed by atoms with E-state index in [-0.39, 0.29) is 29.0 Å². The van der Waals surface area contributed by atoms with Crippen molar-refractivity contribution < 1.29 is 27.5 Å². The van der Waals surface area contributed by atoms with Gasteiger partial charge in [-0.3, -0.25) is 9.10 Å². The van der Waals surface area contributed by atoms with E-state index in [9.17, 15) is 18.0 Å². The molecule has 1 N–H and O–H groups in total. The summed E-state index contributed by atoms with van der Waals surface area (Å²) >= 11 is 16.9. The van der Waals surface area contributed by atoms with Crippen LogP contribution < -0.4 is 14.4 Å². The van der Waals surface area contributed by atoms with Crippen LogP contribution in [-0.4, -0.2) is 53.5 Å². The number of carbonyl (C=O) groups excluding carboxylic acids is 2. The van der Waals surface area contributed by atoms with Crippen molar-refractivity contribution in [2.75, 3.05) is 31.1 Å². The van der Waals surface area contributed by atoms with E-state index >= 15 is 0 Å². The molecule has 1 aliphatic rings. The molecule has 4 rings (SSSR count). The summed E-state index contributed by atoms with van der Waals surface area (Å²) in [6.45, 7) is 1.14. The Kier molecular flexibility index (Phi) is 9.95. The van der Waals surface area contributed by atoms with Crippen molar-refractivity contribution in [2.24, 2.45) is 0 Å². The van der Waals surface area contributed by atoms with Crippen molar-refractivity contribution in [3.63, 3.8) is 0 Å². The molecule has 2 heterocycles. The van der Waals surface area contributed by atoms with Gasteiger partial charge in [0.1, 0.15) is 6.61 Å². The van der Waals surface area contributed by atoms with Crippen LogP contribution >= 0.6 is 50.5 Å². The summed E-state index contributed by atoms with van der Waals surface area (Å²) in [5.41, 5.74) is 1.64. The van der Waals surface area contributed by atoms with Gasteiger partial charge in [0.15, 0.2) is 16.9 Å². The number of halogens is 3. The van der Waals surface area contributed by atoms with Gasteiger partial charge < -0.3 is 14.8 Å². The van der Waals surface area contributed by atoms with Gasteiger partial charge in [-0.25, -0.2) is 13.2 Å². The summed E-state index contributed by atoms with van der Waals surface area (Å²) in [5.74, 6) is -0.691. The smallest absolute Gasteiger partial charge is 0.351 e. The topological polar surface area (TPSA) is 102 Å². The molecule has 2 aromatic carbocycles. The molecule has 1 fully saturated rings. The summed E-state index contributed by atoms with van der Waals surface area (Å²) in [6.07, 6.45) is 1.86. The molecular weight excluding hydrogens is 651 g/mol. The van der Waals surface area contributed by atoms with Crippen LogP contribution in [0.4, 0.5) is 5.69 Å². The van der Waals surface area contributed by atoms with E-state index in [1.165, 1.54) is 11.4 Å². The second-order valence-electron chi connectivity index (χ2n) is 8.73. The first-order valence-electron chi connectivity index (χ1n) is 11.9. The molecule has 0 amide bonds. The SMILES string of the molecule is COC(=O)c1sc(-c2cccc(N(C3CCNCC3)S(=O)(=O)Cc3cc(Cl)cc(Cl)c3)c2)c(Br)c1OCC=O. The molecule has 1 aliphatic heterocycles. The zero-order valence-electron chi connectivity index (χ0n) is 20.8. The summed E-state index contributed by atoms with van der Waals surface area (Å²) < 4.78 is 40.2. The highest BCUT2D eigenvalue weighted by atomic mass is 79.9. The van der Waals surface area contributed by atoms with Crippen LogP contribution in [0.3, 0.4) is 0 Å². The van der Waals surface area contributed by atoms with Gasteiger partial charge in [0, 0.05) is 16.1 Å². The van der Waals surface area contributed by atoms with Crippen LogP contribution in [0.5, 0.6) is 5.75 Å². The Morgan fingerprint density at radius 1 is 1.18 bits per heavy atom. The third kappa shape index (κ3) is 6.96. The highest BCUT2D eigenvalue weighted by Crippen LogP contribution is 2.46. The number of piperidine rings is 1. The van der Waals surface area contributed by atoms with Crippen LogP contribution in [0.15, 0.2) is 46.9 Å². The normalized spacial score (nSPS) is 14.2. The second kappa shape index (κ2) is 13.0. The van der Waals surface area contributed by atoms with E-state index < -0.39 is 16.0 Å². The number of thiophene rings is 1. The lowest BCUT2D eigenvalue weighted by Gasteiger charge is -2.35. The summed E-state index contributed by atoms with van der Waals surface area (Å²) in [6, 6.07) is 11.6. The number of sulfonamides is 1. The highest BCUT2D eigenvalue weighted by molar-refractivity contribution is 9.10. The van der Waals surface area contributed by atoms with Gasteiger partial charge in [-0.15, -0.1) is 11.3 Å². The number of hydrogen-bond donors (Lipinski definition) is 1. The Hall–Kier alpha value is -2.15. The van der Waals surface area contributed by atoms with E-state index in [4.69, 9.17) is 32.7 Å². The van der Waals surface area contributed by atoms with Crippen molar-refractivity contribution in [3.05, 3.63) is 67.4 Å². The fourth-order valence-electron chi connectivity index (χ4n) is 4.45. The van der Waals surface area contributed by atoms with Crippen LogP contribution in [0.2, 0.25) is 10.0 Å². The number of aldehydes is 1. The zero-order chi connectivity index (χ0) is 28.2. The number of rotatable bonds is 10. The largest absolute Gasteiger partial charge is 0.483 e. The van der Waals surface area contributed by atoms with Gasteiger partial charge in [0.2, 0.25) is 10.0 Å². The van der Waals surface area contributed by atoms with E-state index in [1.807, 2.05) is 6.07 Å². The molecule has 0 bridgehead atoms. The van der Waals surface area contributed by atoms with Gasteiger partial charge in [-0.1, -0.05) is 35.3 Å². The molecule has 39 heavy (non-hydrogen) atoms. The first-order chi connectivity index (χ1) is 18.6. The fraction of sp³-hybridized carbons (Fsp3) is 0.308. The van der Waals surface area contributed by atoms with Crippen molar-refractivity contribution in [1.29, 1.82) is 0 Å². The number of methoxy groups -OCH3 is 1. The number of benzene rings is 2. The number of nitrogens with one attached hydrogen (secondary N) is 1. The Balaban J connectivity index is 1.78. The number of carbonyl (C=O) groups is 2. The van der Waals surface area contributed by atoms with Crippen LogP contribution in [0, 0.1) is 0 Å². The first-order valence-corrected chi connectivity index (χ1v) is 15.9. The Morgan fingerprint density at radius 3 is 2.51 bits per heavy atom. The number of ether oxygens (including phenoxy) is 2. The minimum atomic E-state index is -3.86. The first kappa shape index (κ1) is 29.8. The molecular formula is C26H25BrCl2N2O6S2. The van der Waals surface area contributed by atoms with Gasteiger partial charge in [0.05, 0.1) is 27.9 Å². The molecule has 0 unspecified atom stereocenters. The van der Waals surface area contributed by atoms with E-state index in [0.717, 1.165) is 11.3 Å². The van der Waals surface area contributed by atoms with Crippen molar-refractivity contribution in [1.82, 2.24) is 5.32 Å². The predicted octanol–water partition coefficient (Wildman–Crippen LogP) is 5.94. The third-order valence-electron chi connectivity index (χ3n) is 6.05. The maximum atomic E-state index is 13.9. The van der Waals surface area contributed by atoms with Gasteiger partial charge in [-0.2, -0.15) is 0 Å². The minimum absolute atomic E-state index is 0.187. The van der Waals surface area contributed by atoms with Gasteiger partial charge in [-0.05, 0) is 83.3 Å². The molecule has 8 nitrogen and oxygen atoms in total. The number of nitrogens with zero attached hydrogens (tertiary/aromatic N) is 1. The molecule has 0 aliphatic carbocycles. The maximum absolute atomic E-state index is 13.9. The predicted molar refractivity (Wildman–Crippen MR) is 158 cm³/mol. The Labute approximate surface area is 249 Å². The minimum Gasteiger partial charge on any atom is -0.483 e. The lowest BCUT2D eigenvalue weighted by Crippen LogP contribution is -2.46. The number of hydrogen-bond acceptors (Lipinski definition) is 8. The average molecular weight is 676 g/mol. The number of esters is 1. The van der Waals surface area contributed by atoms with E-state index in [2.05, 4.69) is 21.2 Å². The van der Waals surface area contributed by atoms with Gasteiger partial charge >= 0.3 is 5.97 Å². The second-order valence-corrected chi connectivity index (χ2v) is 13.3. The number of anilines is 1. The Morgan fingerprint density at radius 2 is 1.87 bits per heavy atom. The summed E-state index contributed by atoms with van der Waals surface area (Å²) in [4.78, 5) is 24.1. The van der Waals surface area contributed by atoms with Crippen molar-refractivity contribution >= 4 is 78.4 Å². The summed E-state index contributed by atoms with van der Waals surface area (Å²) in [5, 5.41) is 4.00. The third-order valence-corrected chi connectivity index (χ3v) is 10.5. The molecule has 0 spiro atoms. The van der Waals surface area contributed by atoms with E-state index in [1.54, 1.807) is 36.4 Å². The van der Waals surface area contributed by atoms with Crippen molar-refractivity contribution in [2.45, 2.75) is 24.6 Å². The lowest BCUT2D eigenvalue weighted by atomic mass is 10.1. The standard InChI is InChI=1S/C26H25BrCl2N2O6S2/c1-36-26(33)25-23(37-10-9-32)22(27)24(38-25)17-3-2-4-21(13-17)31(20-5-7-30-8-6-20)39(34,35)15-16-11-18(28)14-19(29)12-16/h2-4,9,11-14,20,30H,5-8,10,15H2,1H3. The van der Waals surface area contributed by atoms with Crippen LogP contribution in [-0.2, 0) is 25.3 Å². The zero-order valence-corrected chi connectivity index (χ0v) is 25.5. The fourth-order valence-corrected chi connectivity index (χ4v) is 8.82. The Bertz CT molecular complexity index is 1450. The molecule has 1 aromatic heterocycles. The molecule has 208 valence electrons. The highest BCUT2D eigenvalue weighted by Gasteiger charge is 2.32. The molecule has 1 saturated heterocycles. The lowest BCUT2D eigenvalue weighted by molar-refractivity contribution is -0.109. The van der Waals surface area contributed by atoms with Gasteiger partial charge in [0.25, 0.3) is 0 Å². The molecule has 0 saturated carbocycles. The van der Waals surface area contributed by atoms with E-state index in [0.29, 0.717) is 68.4 Å². The van der Waals surface area contributed by atoms with Crippen LogP contribution in [0.25, 0.3) is 10.4 Å². The quantitative estimate of drug-likeness (QED) is 0.210. The summed E-state index contributed by atoms with van der Waals surface area (Å²) in [7, 11) is -2.60. The maximum Gasteiger partial charge on any atom is 0.351 e. The van der Waals surface area contributed by atoms with Crippen molar-refractivity contribution in [3.8, 4) is 16.2 Å². The molecule has 13 heteroatoms.